The van der Waals surface area contributed by atoms with Crippen LogP contribution in [-0.4, -0.2) is 28.5 Å². The molecule has 3 N–H and O–H groups in total. The van der Waals surface area contributed by atoms with E-state index in [-0.39, 0.29) is 12.1 Å². The van der Waals surface area contributed by atoms with Gasteiger partial charge < -0.3 is 4.74 Å². The van der Waals surface area contributed by atoms with Crippen LogP contribution >= 0.6 is 0 Å². The average molecular weight is 238 g/mol. The first-order chi connectivity index (χ1) is 8.24. The summed E-state index contributed by atoms with van der Waals surface area (Å²) in [5.41, 5.74) is 4.09. The highest BCUT2D eigenvalue weighted by Gasteiger charge is 2.31. The highest BCUT2D eigenvalue weighted by molar-refractivity contribution is 5.07. The van der Waals surface area contributed by atoms with Gasteiger partial charge in [0, 0.05) is 19.3 Å². The third-order valence-corrected chi connectivity index (χ3v) is 3.52. The van der Waals surface area contributed by atoms with Gasteiger partial charge in [-0.15, -0.1) is 0 Å². The lowest BCUT2D eigenvalue weighted by Gasteiger charge is -2.24. The summed E-state index contributed by atoms with van der Waals surface area (Å²) in [5.74, 6) is 6.21. The molecule has 0 aromatic carbocycles. The minimum absolute atomic E-state index is 0.169. The third-order valence-electron chi connectivity index (χ3n) is 3.52. The van der Waals surface area contributed by atoms with E-state index >= 15 is 0 Å². The van der Waals surface area contributed by atoms with E-state index in [1.165, 1.54) is 5.56 Å². The Balaban J connectivity index is 1.99. The number of hydrogen-bond donors (Lipinski definition) is 2. The van der Waals surface area contributed by atoms with Gasteiger partial charge in [0.05, 0.1) is 18.3 Å². The second-order valence-electron chi connectivity index (χ2n) is 4.78. The average Bonchev–Trinajstić information content (AvgIpc) is 2.95. The van der Waals surface area contributed by atoms with Crippen molar-refractivity contribution < 1.29 is 4.74 Å². The molecule has 1 aliphatic rings. The van der Waals surface area contributed by atoms with Gasteiger partial charge in [-0.1, -0.05) is 6.92 Å². The molecule has 1 fully saturated rings. The highest BCUT2D eigenvalue weighted by Crippen LogP contribution is 2.24. The smallest absolute Gasteiger partial charge is 0.0771 e. The molecule has 2 heterocycles. The van der Waals surface area contributed by atoms with Crippen LogP contribution in [0.4, 0.5) is 0 Å². The van der Waals surface area contributed by atoms with E-state index in [1.807, 2.05) is 10.9 Å². The first-order valence-electron chi connectivity index (χ1n) is 6.33. The van der Waals surface area contributed by atoms with E-state index in [0.717, 1.165) is 26.0 Å². The summed E-state index contributed by atoms with van der Waals surface area (Å²) in [4.78, 5) is 0. The van der Waals surface area contributed by atoms with Crippen molar-refractivity contribution in [2.45, 2.75) is 45.4 Å². The minimum Gasteiger partial charge on any atom is -0.376 e. The van der Waals surface area contributed by atoms with Crippen molar-refractivity contribution in [1.82, 2.24) is 15.2 Å². The molecule has 0 amide bonds. The van der Waals surface area contributed by atoms with Crippen molar-refractivity contribution in [3.05, 3.63) is 18.0 Å². The number of nitrogens with one attached hydrogen (secondary N) is 1. The number of nitrogens with zero attached hydrogens (tertiary/aromatic N) is 2. The zero-order chi connectivity index (χ0) is 12.3. The molecule has 3 atom stereocenters. The Morgan fingerprint density at radius 3 is 3.06 bits per heavy atom. The Morgan fingerprint density at radius 1 is 1.71 bits per heavy atom. The molecule has 17 heavy (non-hydrogen) atoms. The Kier molecular flexibility index (Phi) is 4.15. The fourth-order valence-electron chi connectivity index (χ4n) is 2.44. The quantitative estimate of drug-likeness (QED) is 0.585. The van der Waals surface area contributed by atoms with Crippen molar-refractivity contribution in [3.8, 4) is 0 Å². The summed E-state index contributed by atoms with van der Waals surface area (Å²) in [5, 5.41) is 4.27. The van der Waals surface area contributed by atoms with Crippen molar-refractivity contribution in [2.75, 3.05) is 6.61 Å². The van der Waals surface area contributed by atoms with Gasteiger partial charge in [0.1, 0.15) is 0 Å². The molecule has 0 spiro atoms. The van der Waals surface area contributed by atoms with Crippen molar-refractivity contribution in [3.63, 3.8) is 0 Å². The zero-order valence-corrected chi connectivity index (χ0v) is 10.6. The molecule has 1 aliphatic heterocycles. The molecule has 0 aliphatic carbocycles. The molecule has 0 bridgehead atoms. The Labute approximate surface area is 102 Å². The lowest BCUT2D eigenvalue weighted by atomic mass is 9.94. The van der Waals surface area contributed by atoms with Crippen LogP contribution in [0, 0.1) is 5.92 Å². The SMILES string of the molecule is CCn1cc(CC(NN)C2OCCC2C)cn1. The highest BCUT2D eigenvalue weighted by atomic mass is 16.5. The summed E-state index contributed by atoms with van der Waals surface area (Å²) in [6, 6.07) is 0.169. The van der Waals surface area contributed by atoms with E-state index in [9.17, 15) is 0 Å². The van der Waals surface area contributed by atoms with Crippen LogP contribution in [0.15, 0.2) is 12.4 Å². The maximum atomic E-state index is 5.75. The zero-order valence-electron chi connectivity index (χ0n) is 10.6. The van der Waals surface area contributed by atoms with Crippen LogP contribution in [0.2, 0.25) is 0 Å². The molecule has 3 unspecified atom stereocenters. The summed E-state index contributed by atoms with van der Waals surface area (Å²) in [6.07, 6.45) is 6.19. The summed E-state index contributed by atoms with van der Waals surface area (Å²) in [6.45, 7) is 6.05. The molecule has 0 radical (unpaired) electrons. The maximum Gasteiger partial charge on any atom is 0.0771 e. The number of hydrogen-bond acceptors (Lipinski definition) is 4. The van der Waals surface area contributed by atoms with Gasteiger partial charge in [-0.25, -0.2) is 0 Å². The first-order valence-corrected chi connectivity index (χ1v) is 6.33. The maximum absolute atomic E-state index is 5.75. The minimum atomic E-state index is 0.169. The standard InChI is InChI=1S/C12H22N4O/c1-3-16-8-10(7-14-16)6-11(15-13)12-9(2)4-5-17-12/h7-9,11-12,15H,3-6,13H2,1-2H3. The molecule has 1 aromatic rings. The summed E-state index contributed by atoms with van der Waals surface area (Å²) in [7, 11) is 0. The third kappa shape index (κ3) is 2.86. The molecule has 5 heteroatoms. The lowest BCUT2D eigenvalue weighted by molar-refractivity contribution is 0.0610. The van der Waals surface area contributed by atoms with Crippen LogP contribution in [-0.2, 0) is 17.7 Å². The van der Waals surface area contributed by atoms with Gasteiger partial charge in [0.15, 0.2) is 0 Å². The number of rotatable bonds is 5. The number of ether oxygens (including phenoxy) is 1. The lowest BCUT2D eigenvalue weighted by Crippen LogP contribution is -2.47. The molecular weight excluding hydrogens is 216 g/mol. The molecule has 2 rings (SSSR count). The summed E-state index contributed by atoms with van der Waals surface area (Å²) >= 11 is 0. The predicted octanol–water partition coefficient (Wildman–Crippen LogP) is 0.702. The van der Waals surface area contributed by atoms with Gasteiger partial charge >= 0.3 is 0 Å². The normalized spacial score (nSPS) is 26.3. The number of hydrazine groups is 1. The topological polar surface area (TPSA) is 65.1 Å². The largest absolute Gasteiger partial charge is 0.376 e. The molecule has 1 saturated heterocycles. The van der Waals surface area contributed by atoms with Crippen LogP contribution < -0.4 is 11.3 Å². The van der Waals surface area contributed by atoms with E-state index in [4.69, 9.17) is 10.6 Å². The molecule has 96 valence electrons. The number of nitrogens with two attached hydrogens (primary N) is 1. The van der Waals surface area contributed by atoms with Crippen LogP contribution in [0.25, 0.3) is 0 Å². The van der Waals surface area contributed by atoms with Gasteiger partial charge in [-0.05, 0) is 31.2 Å². The number of aryl methyl sites for hydroxylation is 1. The Bertz CT molecular complexity index is 352. The van der Waals surface area contributed by atoms with E-state index in [0.29, 0.717) is 5.92 Å². The fourth-order valence-corrected chi connectivity index (χ4v) is 2.44. The molecule has 1 aromatic heterocycles. The monoisotopic (exact) mass is 238 g/mol. The Hall–Kier alpha value is -0.910. The second-order valence-corrected chi connectivity index (χ2v) is 4.78. The second kappa shape index (κ2) is 5.62. The van der Waals surface area contributed by atoms with Crippen LogP contribution in [0.3, 0.4) is 0 Å². The van der Waals surface area contributed by atoms with Crippen molar-refractivity contribution >= 4 is 0 Å². The van der Waals surface area contributed by atoms with Crippen molar-refractivity contribution in [2.24, 2.45) is 11.8 Å². The van der Waals surface area contributed by atoms with Crippen LogP contribution in [0.1, 0.15) is 25.8 Å². The van der Waals surface area contributed by atoms with E-state index in [1.54, 1.807) is 0 Å². The molecule has 0 saturated carbocycles. The van der Waals surface area contributed by atoms with Gasteiger partial charge in [-0.3, -0.25) is 16.0 Å². The number of aromatic nitrogens is 2. The van der Waals surface area contributed by atoms with Crippen LogP contribution in [0.5, 0.6) is 0 Å². The van der Waals surface area contributed by atoms with Crippen molar-refractivity contribution in [1.29, 1.82) is 0 Å². The predicted molar refractivity (Wildman–Crippen MR) is 66.2 cm³/mol. The van der Waals surface area contributed by atoms with E-state index in [2.05, 4.69) is 30.6 Å². The first kappa shape index (κ1) is 12.5. The molecular formula is C12H22N4O. The Morgan fingerprint density at radius 2 is 2.53 bits per heavy atom. The molecule has 5 nitrogen and oxygen atoms in total. The summed E-state index contributed by atoms with van der Waals surface area (Å²) < 4.78 is 7.69. The van der Waals surface area contributed by atoms with Gasteiger partial charge in [0.25, 0.3) is 0 Å². The van der Waals surface area contributed by atoms with Gasteiger partial charge in [0.2, 0.25) is 0 Å². The fraction of sp³-hybridized carbons (Fsp3) is 0.750. The van der Waals surface area contributed by atoms with E-state index < -0.39 is 0 Å². The van der Waals surface area contributed by atoms with Gasteiger partial charge in [-0.2, -0.15) is 5.10 Å².